The largest absolute Gasteiger partial charge is 0.382 e. The Balaban J connectivity index is 1.73. The number of morpholine rings is 1. The monoisotopic (exact) mass is 282 g/mol. The van der Waals surface area contributed by atoms with Gasteiger partial charge in [-0.05, 0) is 20.4 Å². The molecule has 1 N–H and O–H groups in total. The zero-order valence-corrected chi connectivity index (χ0v) is 12.5. The van der Waals surface area contributed by atoms with Crippen molar-refractivity contribution in [2.24, 2.45) is 0 Å². The van der Waals surface area contributed by atoms with E-state index < -0.39 is 0 Å². The minimum absolute atomic E-state index is 0.238. The van der Waals surface area contributed by atoms with Crippen LogP contribution in [0.25, 0.3) is 0 Å². The molecule has 1 fully saturated rings. The molecule has 0 bridgehead atoms. The summed E-state index contributed by atoms with van der Waals surface area (Å²) in [5, 5.41) is 3.38. The van der Waals surface area contributed by atoms with E-state index in [1.807, 2.05) is 19.3 Å². The quantitative estimate of drug-likeness (QED) is 0.722. The zero-order chi connectivity index (χ0) is 14.2. The third-order valence-electron chi connectivity index (χ3n) is 3.44. The van der Waals surface area contributed by atoms with Gasteiger partial charge in [0.15, 0.2) is 0 Å². The fourth-order valence-electron chi connectivity index (χ4n) is 2.33. The van der Waals surface area contributed by atoms with Gasteiger partial charge in [0.05, 0.1) is 12.7 Å². The summed E-state index contributed by atoms with van der Waals surface area (Å²) in [7, 11) is 2.13. The maximum atomic E-state index is 5.74. The van der Waals surface area contributed by atoms with E-state index in [2.05, 4.69) is 26.8 Å². The van der Waals surface area contributed by atoms with Crippen molar-refractivity contribution in [2.75, 3.05) is 51.8 Å². The van der Waals surface area contributed by atoms with E-state index in [1.165, 1.54) is 0 Å². The minimum atomic E-state index is 0.238. The number of imidazole rings is 1. The van der Waals surface area contributed by atoms with E-state index in [0.717, 1.165) is 58.4 Å². The predicted octanol–water partition coefficient (Wildman–Crippen LogP) is 1.05. The lowest BCUT2D eigenvalue weighted by molar-refractivity contribution is -0.0118. The fourth-order valence-corrected chi connectivity index (χ4v) is 2.33. The number of nitrogens with one attached hydrogen (secondary N) is 1. The molecule has 1 unspecified atom stereocenters. The molecule has 1 aliphatic rings. The standard InChI is InChI=1S/C14H26N4O2/c1-3-19-9-4-6-18-7-5-15-14(18)16-11-13-12-17(2)8-10-20-13/h5,7,13H,3-4,6,8-12H2,1-2H3,(H,15,16). The predicted molar refractivity (Wildman–Crippen MR) is 79.1 cm³/mol. The molecule has 1 aromatic heterocycles. The molecule has 1 atom stereocenters. The van der Waals surface area contributed by atoms with Gasteiger partial charge in [-0.25, -0.2) is 4.98 Å². The van der Waals surface area contributed by atoms with Gasteiger partial charge in [0.1, 0.15) is 0 Å². The minimum Gasteiger partial charge on any atom is -0.382 e. The smallest absolute Gasteiger partial charge is 0.202 e. The van der Waals surface area contributed by atoms with Crippen LogP contribution in [0, 0.1) is 0 Å². The number of aromatic nitrogens is 2. The number of ether oxygens (including phenoxy) is 2. The van der Waals surface area contributed by atoms with E-state index >= 15 is 0 Å². The van der Waals surface area contributed by atoms with Crippen molar-refractivity contribution in [3.63, 3.8) is 0 Å². The summed E-state index contributed by atoms with van der Waals surface area (Å²) < 4.78 is 13.2. The van der Waals surface area contributed by atoms with Gasteiger partial charge in [-0.3, -0.25) is 0 Å². The first kappa shape index (κ1) is 15.3. The molecule has 0 spiro atoms. The van der Waals surface area contributed by atoms with Gasteiger partial charge >= 0.3 is 0 Å². The zero-order valence-electron chi connectivity index (χ0n) is 12.5. The summed E-state index contributed by atoms with van der Waals surface area (Å²) in [6.45, 7) is 8.12. The number of rotatable bonds is 8. The number of nitrogens with zero attached hydrogens (tertiary/aromatic N) is 3. The molecule has 1 aromatic rings. The number of likely N-dealkylation sites (N-methyl/N-ethyl adjacent to an activating group) is 1. The molecule has 2 rings (SSSR count). The van der Waals surface area contributed by atoms with Crippen molar-refractivity contribution in [1.82, 2.24) is 14.5 Å². The van der Waals surface area contributed by atoms with Gasteiger partial charge in [-0.15, -0.1) is 0 Å². The fraction of sp³-hybridized carbons (Fsp3) is 0.786. The van der Waals surface area contributed by atoms with Crippen molar-refractivity contribution < 1.29 is 9.47 Å². The Kier molecular flexibility index (Phi) is 6.29. The second-order valence-corrected chi connectivity index (χ2v) is 5.13. The van der Waals surface area contributed by atoms with Crippen LogP contribution < -0.4 is 5.32 Å². The highest BCUT2D eigenvalue weighted by atomic mass is 16.5. The first-order valence-corrected chi connectivity index (χ1v) is 7.42. The summed E-state index contributed by atoms with van der Waals surface area (Å²) in [5.74, 6) is 0.915. The normalized spacial score (nSPS) is 20.2. The molecule has 0 radical (unpaired) electrons. The van der Waals surface area contributed by atoms with Crippen molar-refractivity contribution in [1.29, 1.82) is 0 Å². The highest BCUT2D eigenvalue weighted by molar-refractivity contribution is 5.26. The Bertz CT molecular complexity index is 383. The number of anilines is 1. The Morgan fingerprint density at radius 1 is 1.55 bits per heavy atom. The molecule has 20 heavy (non-hydrogen) atoms. The molecule has 2 heterocycles. The third-order valence-corrected chi connectivity index (χ3v) is 3.44. The average Bonchev–Trinajstić information content (AvgIpc) is 2.89. The average molecular weight is 282 g/mol. The van der Waals surface area contributed by atoms with Crippen molar-refractivity contribution >= 4 is 5.95 Å². The van der Waals surface area contributed by atoms with E-state index in [1.54, 1.807) is 0 Å². The third kappa shape index (κ3) is 4.77. The van der Waals surface area contributed by atoms with Crippen LogP contribution in [-0.2, 0) is 16.0 Å². The molecule has 6 nitrogen and oxygen atoms in total. The molecule has 0 aromatic carbocycles. The van der Waals surface area contributed by atoms with E-state index in [9.17, 15) is 0 Å². The van der Waals surface area contributed by atoms with Crippen LogP contribution in [0.1, 0.15) is 13.3 Å². The number of hydrogen-bond acceptors (Lipinski definition) is 5. The number of hydrogen-bond donors (Lipinski definition) is 1. The van der Waals surface area contributed by atoms with Gasteiger partial charge < -0.3 is 24.3 Å². The first-order chi connectivity index (χ1) is 9.79. The molecular formula is C14H26N4O2. The molecule has 114 valence electrons. The molecular weight excluding hydrogens is 256 g/mol. The maximum absolute atomic E-state index is 5.74. The van der Waals surface area contributed by atoms with Crippen molar-refractivity contribution in [2.45, 2.75) is 26.0 Å². The van der Waals surface area contributed by atoms with E-state index in [-0.39, 0.29) is 6.10 Å². The van der Waals surface area contributed by atoms with Gasteiger partial charge in [-0.2, -0.15) is 0 Å². The maximum Gasteiger partial charge on any atom is 0.202 e. The van der Waals surface area contributed by atoms with Crippen molar-refractivity contribution in [3.05, 3.63) is 12.4 Å². The van der Waals surface area contributed by atoms with Crippen LogP contribution in [0.2, 0.25) is 0 Å². The second kappa shape index (κ2) is 8.24. The molecule has 6 heteroatoms. The Labute approximate surface area is 121 Å². The Hall–Kier alpha value is -1.11. The van der Waals surface area contributed by atoms with Crippen LogP contribution in [0.3, 0.4) is 0 Å². The summed E-state index contributed by atoms with van der Waals surface area (Å²) in [6.07, 6.45) is 5.07. The summed E-state index contributed by atoms with van der Waals surface area (Å²) in [6, 6.07) is 0. The van der Waals surface area contributed by atoms with Crippen molar-refractivity contribution in [3.8, 4) is 0 Å². The lowest BCUT2D eigenvalue weighted by atomic mass is 10.3. The molecule has 1 aliphatic heterocycles. The van der Waals surface area contributed by atoms with Crippen LogP contribution in [-0.4, -0.2) is 67.1 Å². The van der Waals surface area contributed by atoms with Crippen LogP contribution in [0.5, 0.6) is 0 Å². The number of aryl methyl sites for hydroxylation is 1. The molecule has 0 amide bonds. The lowest BCUT2D eigenvalue weighted by Crippen LogP contribution is -2.43. The topological polar surface area (TPSA) is 51.5 Å². The Morgan fingerprint density at radius 3 is 3.25 bits per heavy atom. The molecule has 0 saturated carbocycles. The van der Waals surface area contributed by atoms with Crippen LogP contribution in [0.4, 0.5) is 5.95 Å². The van der Waals surface area contributed by atoms with Crippen LogP contribution in [0.15, 0.2) is 12.4 Å². The Morgan fingerprint density at radius 2 is 2.45 bits per heavy atom. The second-order valence-electron chi connectivity index (χ2n) is 5.13. The summed E-state index contributed by atoms with van der Waals surface area (Å²) >= 11 is 0. The van der Waals surface area contributed by atoms with E-state index in [0.29, 0.717) is 0 Å². The molecule has 0 aliphatic carbocycles. The summed E-state index contributed by atoms with van der Waals surface area (Å²) in [5.41, 5.74) is 0. The lowest BCUT2D eigenvalue weighted by Gasteiger charge is -2.30. The first-order valence-electron chi connectivity index (χ1n) is 7.42. The summed E-state index contributed by atoms with van der Waals surface area (Å²) in [4.78, 5) is 6.66. The van der Waals surface area contributed by atoms with E-state index in [4.69, 9.17) is 9.47 Å². The van der Waals surface area contributed by atoms with Crippen LogP contribution >= 0.6 is 0 Å². The van der Waals surface area contributed by atoms with Gasteiger partial charge in [0.25, 0.3) is 0 Å². The highest BCUT2D eigenvalue weighted by Crippen LogP contribution is 2.08. The molecule has 1 saturated heterocycles. The van der Waals surface area contributed by atoms with Gasteiger partial charge in [-0.1, -0.05) is 0 Å². The van der Waals surface area contributed by atoms with Gasteiger partial charge in [0.2, 0.25) is 5.95 Å². The van der Waals surface area contributed by atoms with Gasteiger partial charge in [0, 0.05) is 51.8 Å². The highest BCUT2D eigenvalue weighted by Gasteiger charge is 2.17. The SMILES string of the molecule is CCOCCCn1ccnc1NCC1CN(C)CCO1.